The Morgan fingerprint density at radius 3 is 2.71 bits per heavy atom. The Balaban J connectivity index is 2.41. The van der Waals surface area contributed by atoms with Gasteiger partial charge in [-0.25, -0.2) is 8.42 Å². The van der Waals surface area contributed by atoms with Crippen molar-refractivity contribution < 1.29 is 13.2 Å². The molecule has 0 bridgehead atoms. The van der Waals surface area contributed by atoms with E-state index in [9.17, 15) is 13.2 Å². The third-order valence-electron chi connectivity index (χ3n) is 3.81. The van der Waals surface area contributed by atoms with Gasteiger partial charge in [0.2, 0.25) is 15.9 Å². The number of carbonyl (C=O) groups excluding carboxylic acids is 1. The van der Waals surface area contributed by atoms with Crippen LogP contribution in [0.2, 0.25) is 0 Å². The number of sulfonamides is 1. The van der Waals surface area contributed by atoms with Crippen molar-refractivity contribution in [3.05, 3.63) is 29.3 Å². The second-order valence-electron chi connectivity index (χ2n) is 5.12. The molecule has 0 spiro atoms. The van der Waals surface area contributed by atoms with Crippen molar-refractivity contribution in [2.24, 2.45) is 5.73 Å². The van der Waals surface area contributed by atoms with Gasteiger partial charge in [-0.2, -0.15) is 4.31 Å². The lowest BCUT2D eigenvalue weighted by atomic mass is 10.1. The van der Waals surface area contributed by atoms with E-state index in [1.807, 2.05) is 6.92 Å². The lowest BCUT2D eigenvalue weighted by Gasteiger charge is -2.33. The van der Waals surface area contributed by atoms with Crippen molar-refractivity contribution in [3.8, 4) is 0 Å². The van der Waals surface area contributed by atoms with Crippen molar-refractivity contribution in [1.82, 2.24) is 9.62 Å². The van der Waals surface area contributed by atoms with Crippen LogP contribution in [0.15, 0.2) is 23.1 Å². The number of carbonyl (C=O) groups is 1. The molecule has 1 aliphatic rings. The Morgan fingerprint density at radius 2 is 2.14 bits per heavy atom. The molecule has 1 aromatic rings. The van der Waals surface area contributed by atoms with Crippen LogP contribution in [0.3, 0.4) is 0 Å². The van der Waals surface area contributed by atoms with Crippen LogP contribution in [0.5, 0.6) is 0 Å². The van der Waals surface area contributed by atoms with E-state index in [2.05, 4.69) is 5.32 Å². The zero-order valence-corrected chi connectivity index (χ0v) is 13.1. The topological polar surface area (TPSA) is 92.5 Å². The second kappa shape index (κ2) is 6.13. The summed E-state index contributed by atoms with van der Waals surface area (Å²) in [6.45, 7) is 4.65. The van der Waals surface area contributed by atoms with Gasteiger partial charge in [0.05, 0.1) is 4.90 Å². The van der Waals surface area contributed by atoms with Crippen molar-refractivity contribution in [3.63, 3.8) is 0 Å². The number of aryl methyl sites for hydroxylation is 1. The number of nitrogens with two attached hydrogens (primary N) is 1. The molecule has 0 radical (unpaired) electrons. The maximum absolute atomic E-state index is 12.8. The van der Waals surface area contributed by atoms with E-state index in [4.69, 9.17) is 5.73 Å². The molecular formula is C14H21N3O3S. The first-order chi connectivity index (χ1) is 9.91. The summed E-state index contributed by atoms with van der Waals surface area (Å²) in [5.74, 6) is -0.234. The van der Waals surface area contributed by atoms with Crippen LogP contribution >= 0.6 is 0 Å². The van der Waals surface area contributed by atoms with Crippen molar-refractivity contribution >= 4 is 15.9 Å². The Bertz CT molecular complexity index is 643. The molecule has 2 rings (SSSR count). The first kappa shape index (κ1) is 15.9. The quantitative estimate of drug-likeness (QED) is 0.839. The summed E-state index contributed by atoms with van der Waals surface area (Å²) in [7, 11) is -3.67. The largest absolute Gasteiger partial charge is 0.353 e. The number of nitrogens with one attached hydrogen (secondary N) is 1. The minimum absolute atomic E-state index is 0.213. The summed E-state index contributed by atoms with van der Waals surface area (Å²) >= 11 is 0. The monoisotopic (exact) mass is 311 g/mol. The normalized spacial score (nSPS) is 20.3. The summed E-state index contributed by atoms with van der Waals surface area (Å²) in [6.07, 6.45) is 0.449. The van der Waals surface area contributed by atoms with E-state index < -0.39 is 16.1 Å². The van der Waals surface area contributed by atoms with Crippen LogP contribution in [-0.2, 0) is 21.4 Å². The van der Waals surface area contributed by atoms with Crippen LogP contribution in [0.25, 0.3) is 0 Å². The van der Waals surface area contributed by atoms with Crippen molar-refractivity contribution in [1.29, 1.82) is 0 Å². The van der Waals surface area contributed by atoms with Gasteiger partial charge in [0.15, 0.2) is 0 Å². The fourth-order valence-electron chi connectivity index (χ4n) is 2.56. The predicted molar refractivity (Wildman–Crippen MR) is 80.1 cm³/mol. The summed E-state index contributed by atoms with van der Waals surface area (Å²) in [5.41, 5.74) is 7.36. The van der Waals surface area contributed by atoms with Gasteiger partial charge in [0.25, 0.3) is 0 Å². The Hall–Kier alpha value is -1.44. The van der Waals surface area contributed by atoms with Gasteiger partial charge in [-0.15, -0.1) is 0 Å². The average molecular weight is 311 g/mol. The van der Waals surface area contributed by atoms with Crippen LogP contribution in [-0.4, -0.2) is 37.8 Å². The van der Waals surface area contributed by atoms with Gasteiger partial charge in [-0.3, -0.25) is 4.79 Å². The molecule has 1 aliphatic heterocycles. The summed E-state index contributed by atoms with van der Waals surface area (Å²) in [4.78, 5) is 12.1. The van der Waals surface area contributed by atoms with Gasteiger partial charge in [-0.05, 0) is 36.6 Å². The van der Waals surface area contributed by atoms with Crippen LogP contribution in [0.1, 0.15) is 24.5 Å². The van der Waals surface area contributed by atoms with E-state index in [-0.39, 0.29) is 10.8 Å². The first-order valence-electron chi connectivity index (χ1n) is 7.01. The average Bonchev–Trinajstić information content (AvgIpc) is 2.46. The number of piperazine rings is 1. The number of amides is 1. The maximum Gasteiger partial charge on any atom is 0.243 e. The fourth-order valence-corrected chi connectivity index (χ4v) is 4.31. The molecule has 0 saturated carbocycles. The maximum atomic E-state index is 12.8. The predicted octanol–water partition coefficient (Wildman–Crippen LogP) is 0.353. The van der Waals surface area contributed by atoms with Gasteiger partial charge in [0, 0.05) is 19.6 Å². The number of nitrogens with zero attached hydrogens (tertiary/aromatic N) is 1. The SMILES string of the molecule is CCC1C(=O)NCCN1S(=O)(=O)c1ccc(CN)c(C)c1. The molecule has 0 aliphatic carbocycles. The zero-order chi connectivity index (χ0) is 15.6. The highest BCUT2D eigenvalue weighted by atomic mass is 32.2. The molecule has 1 fully saturated rings. The third kappa shape index (κ3) is 2.95. The minimum Gasteiger partial charge on any atom is -0.353 e. The minimum atomic E-state index is -3.67. The molecule has 1 amide bonds. The molecule has 1 heterocycles. The lowest BCUT2D eigenvalue weighted by molar-refractivity contribution is -0.126. The highest BCUT2D eigenvalue weighted by molar-refractivity contribution is 7.89. The third-order valence-corrected chi connectivity index (χ3v) is 5.71. The Labute approximate surface area is 125 Å². The van der Waals surface area contributed by atoms with E-state index >= 15 is 0 Å². The van der Waals surface area contributed by atoms with Crippen molar-refractivity contribution in [2.75, 3.05) is 13.1 Å². The van der Waals surface area contributed by atoms with E-state index in [1.54, 1.807) is 25.1 Å². The fraction of sp³-hybridized carbons (Fsp3) is 0.500. The number of benzene rings is 1. The Morgan fingerprint density at radius 1 is 1.43 bits per heavy atom. The molecule has 6 nitrogen and oxygen atoms in total. The summed E-state index contributed by atoms with van der Waals surface area (Å²) < 4.78 is 26.8. The highest BCUT2D eigenvalue weighted by Gasteiger charge is 2.37. The zero-order valence-electron chi connectivity index (χ0n) is 12.3. The molecule has 0 aromatic heterocycles. The van der Waals surface area contributed by atoms with E-state index in [0.717, 1.165) is 11.1 Å². The molecule has 3 N–H and O–H groups in total. The van der Waals surface area contributed by atoms with Gasteiger partial charge >= 0.3 is 0 Å². The molecular weight excluding hydrogens is 290 g/mol. The molecule has 1 atom stereocenters. The second-order valence-corrected chi connectivity index (χ2v) is 7.01. The van der Waals surface area contributed by atoms with Gasteiger partial charge < -0.3 is 11.1 Å². The molecule has 21 heavy (non-hydrogen) atoms. The van der Waals surface area contributed by atoms with Gasteiger partial charge in [0.1, 0.15) is 6.04 Å². The van der Waals surface area contributed by atoms with Crippen molar-refractivity contribution in [2.45, 2.75) is 37.8 Å². The van der Waals surface area contributed by atoms with Crippen LogP contribution < -0.4 is 11.1 Å². The van der Waals surface area contributed by atoms with E-state index in [0.29, 0.717) is 26.1 Å². The molecule has 1 aromatic carbocycles. The Kier molecular flexibility index (Phi) is 4.65. The van der Waals surface area contributed by atoms with Crippen LogP contribution in [0, 0.1) is 6.92 Å². The standard InChI is InChI=1S/C14H21N3O3S/c1-3-13-14(18)16-6-7-17(13)21(19,20)12-5-4-11(9-15)10(2)8-12/h4-5,8,13H,3,6-7,9,15H2,1-2H3,(H,16,18). The highest BCUT2D eigenvalue weighted by Crippen LogP contribution is 2.23. The summed E-state index contributed by atoms with van der Waals surface area (Å²) in [5, 5.41) is 2.70. The summed E-state index contributed by atoms with van der Waals surface area (Å²) in [6, 6.07) is 4.27. The number of hydrogen-bond donors (Lipinski definition) is 2. The molecule has 1 unspecified atom stereocenters. The lowest BCUT2D eigenvalue weighted by Crippen LogP contribution is -2.56. The molecule has 1 saturated heterocycles. The molecule has 116 valence electrons. The number of rotatable bonds is 4. The number of hydrogen-bond acceptors (Lipinski definition) is 4. The smallest absolute Gasteiger partial charge is 0.243 e. The van der Waals surface area contributed by atoms with E-state index in [1.165, 1.54) is 4.31 Å². The van der Waals surface area contributed by atoms with Gasteiger partial charge in [-0.1, -0.05) is 13.0 Å². The first-order valence-corrected chi connectivity index (χ1v) is 8.45. The molecule has 7 heteroatoms. The van der Waals surface area contributed by atoms with Crippen LogP contribution in [0.4, 0.5) is 0 Å².